The van der Waals surface area contributed by atoms with Crippen LogP contribution in [0.3, 0.4) is 0 Å². The summed E-state index contributed by atoms with van der Waals surface area (Å²) in [6, 6.07) is 1.43. The molecular formula is C14H22N2O4. The second kappa shape index (κ2) is 5.98. The smallest absolute Gasteiger partial charge is 0.407 e. The molecule has 0 saturated heterocycles. The molecule has 0 aliphatic carbocycles. The molecule has 0 aliphatic heterocycles. The van der Waals surface area contributed by atoms with Crippen molar-refractivity contribution >= 4 is 12.1 Å². The SMILES string of the molecule is Cc1cc(C(=O)O)cn1C[C@H](C)NC(=O)OC(C)(C)C. The minimum absolute atomic E-state index is 0.169. The maximum Gasteiger partial charge on any atom is 0.407 e. The predicted molar refractivity (Wildman–Crippen MR) is 75.0 cm³/mol. The summed E-state index contributed by atoms with van der Waals surface area (Å²) in [6.45, 7) is 9.54. The monoisotopic (exact) mass is 282 g/mol. The number of ether oxygens (including phenoxy) is 1. The molecule has 2 N–H and O–H groups in total. The molecule has 6 nitrogen and oxygen atoms in total. The molecule has 1 amide bonds. The van der Waals surface area contributed by atoms with Gasteiger partial charge in [0.1, 0.15) is 5.60 Å². The number of aromatic nitrogens is 1. The van der Waals surface area contributed by atoms with E-state index in [1.54, 1.807) is 37.6 Å². The maximum atomic E-state index is 11.6. The maximum absolute atomic E-state index is 11.6. The number of rotatable bonds is 4. The number of nitrogens with zero attached hydrogens (tertiary/aromatic N) is 1. The van der Waals surface area contributed by atoms with Crippen molar-refractivity contribution in [2.75, 3.05) is 0 Å². The van der Waals surface area contributed by atoms with Crippen molar-refractivity contribution in [1.29, 1.82) is 0 Å². The molecule has 6 heteroatoms. The molecule has 0 bridgehead atoms. The fraction of sp³-hybridized carbons (Fsp3) is 0.571. The van der Waals surface area contributed by atoms with Gasteiger partial charge in [0.15, 0.2) is 0 Å². The van der Waals surface area contributed by atoms with Gasteiger partial charge in [-0.25, -0.2) is 9.59 Å². The van der Waals surface area contributed by atoms with E-state index in [4.69, 9.17) is 9.84 Å². The summed E-state index contributed by atoms with van der Waals surface area (Å²) in [7, 11) is 0. The minimum atomic E-state index is -0.959. The summed E-state index contributed by atoms with van der Waals surface area (Å²) >= 11 is 0. The number of hydrogen-bond acceptors (Lipinski definition) is 3. The van der Waals surface area contributed by atoms with E-state index in [1.165, 1.54) is 0 Å². The molecule has 1 heterocycles. The Kier molecular flexibility index (Phi) is 4.81. The second-order valence-corrected chi connectivity index (χ2v) is 5.87. The number of carboxylic acids is 1. The van der Waals surface area contributed by atoms with Gasteiger partial charge < -0.3 is 19.7 Å². The normalized spacial score (nSPS) is 12.8. The number of alkyl carbamates (subject to hydrolysis) is 1. The van der Waals surface area contributed by atoms with Gasteiger partial charge in [-0.15, -0.1) is 0 Å². The predicted octanol–water partition coefficient (Wildman–Crippen LogP) is 2.41. The molecule has 112 valence electrons. The third-order valence-corrected chi connectivity index (χ3v) is 2.59. The average Bonchev–Trinajstić information content (AvgIpc) is 2.57. The van der Waals surface area contributed by atoms with Gasteiger partial charge in [0.05, 0.1) is 5.56 Å². The second-order valence-electron chi connectivity index (χ2n) is 5.87. The van der Waals surface area contributed by atoms with Gasteiger partial charge in [-0.3, -0.25) is 0 Å². The molecule has 0 fully saturated rings. The molecule has 1 aromatic heterocycles. The first-order valence-corrected chi connectivity index (χ1v) is 6.48. The van der Waals surface area contributed by atoms with Crippen LogP contribution >= 0.6 is 0 Å². The summed E-state index contributed by atoms with van der Waals surface area (Å²) < 4.78 is 6.96. The number of amides is 1. The lowest BCUT2D eigenvalue weighted by Crippen LogP contribution is -2.39. The molecule has 1 aromatic rings. The van der Waals surface area contributed by atoms with Crippen LogP contribution in [0.25, 0.3) is 0 Å². The van der Waals surface area contributed by atoms with Gasteiger partial charge in [0.2, 0.25) is 0 Å². The van der Waals surface area contributed by atoms with E-state index in [-0.39, 0.29) is 11.6 Å². The zero-order chi connectivity index (χ0) is 15.5. The lowest BCUT2D eigenvalue weighted by molar-refractivity contribution is 0.0503. The van der Waals surface area contributed by atoms with Gasteiger partial charge in [-0.2, -0.15) is 0 Å². The van der Waals surface area contributed by atoms with Crippen molar-refractivity contribution in [2.45, 2.75) is 52.8 Å². The first kappa shape index (κ1) is 16.1. The van der Waals surface area contributed by atoms with Gasteiger partial charge in [0, 0.05) is 24.5 Å². The van der Waals surface area contributed by atoms with E-state index in [2.05, 4.69) is 5.32 Å². The number of carbonyl (C=O) groups excluding carboxylic acids is 1. The first-order chi connectivity index (χ1) is 9.08. The van der Waals surface area contributed by atoms with Crippen molar-refractivity contribution in [1.82, 2.24) is 9.88 Å². The Hall–Kier alpha value is -1.98. The number of carboxylic acid groups (broad SMARTS) is 1. The number of aromatic carboxylic acids is 1. The van der Waals surface area contributed by atoms with Crippen LogP contribution in [0.15, 0.2) is 12.3 Å². The summed E-state index contributed by atoms with van der Waals surface area (Å²) in [4.78, 5) is 22.5. The van der Waals surface area contributed by atoms with Crippen molar-refractivity contribution in [3.8, 4) is 0 Å². The number of aryl methyl sites for hydroxylation is 1. The molecule has 0 radical (unpaired) electrons. The van der Waals surface area contributed by atoms with Gasteiger partial charge in [-0.05, 0) is 40.7 Å². The summed E-state index contributed by atoms with van der Waals surface area (Å²) in [5, 5.41) is 11.6. The van der Waals surface area contributed by atoms with Crippen molar-refractivity contribution in [3.63, 3.8) is 0 Å². The Labute approximate surface area is 118 Å². The third-order valence-electron chi connectivity index (χ3n) is 2.59. The summed E-state index contributed by atoms with van der Waals surface area (Å²) in [6.07, 6.45) is 1.08. The number of nitrogens with one attached hydrogen (secondary N) is 1. The van der Waals surface area contributed by atoms with Gasteiger partial charge >= 0.3 is 12.1 Å². The summed E-state index contributed by atoms with van der Waals surface area (Å²) in [5.74, 6) is -0.959. The van der Waals surface area contributed by atoms with Gasteiger partial charge in [0.25, 0.3) is 0 Å². The highest BCUT2D eigenvalue weighted by Gasteiger charge is 2.18. The van der Waals surface area contributed by atoms with E-state index in [0.29, 0.717) is 6.54 Å². The third kappa shape index (κ3) is 4.95. The van der Waals surface area contributed by atoms with Crippen LogP contribution in [0.2, 0.25) is 0 Å². The Balaban J connectivity index is 2.60. The minimum Gasteiger partial charge on any atom is -0.478 e. The number of hydrogen-bond donors (Lipinski definition) is 2. The Morgan fingerprint density at radius 1 is 1.45 bits per heavy atom. The zero-order valence-corrected chi connectivity index (χ0v) is 12.6. The van der Waals surface area contributed by atoms with Crippen LogP contribution in [-0.2, 0) is 11.3 Å². The highest BCUT2D eigenvalue weighted by Crippen LogP contribution is 2.10. The van der Waals surface area contributed by atoms with Crippen molar-refractivity contribution < 1.29 is 19.4 Å². The quantitative estimate of drug-likeness (QED) is 0.888. The Morgan fingerprint density at radius 3 is 2.50 bits per heavy atom. The van der Waals surface area contributed by atoms with Crippen molar-refractivity contribution in [3.05, 3.63) is 23.5 Å². The molecule has 0 saturated carbocycles. The zero-order valence-electron chi connectivity index (χ0n) is 12.6. The Morgan fingerprint density at radius 2 is 2.05 bits per heavy atom. The van der Waals surface area contributed by atoms with E-state index < -0.39 is 17.7 Å². The standard InChI is InChI=1S/C14H22N2O4/c1-9(15-13(19)20-14(3,4)5)7-16-8-11(12(17)18)6-10(16)2/h6,8-9H,7H2,1-5H3,(H,15,19)(H,17,18)/t9-/m0/s1. The Bertz CT molecular complexity index is 500. The first-order valence-electron chi connectivity index (χ1n) is 6.48. The molecule has 0 aliphatic rings. The van der Waals surface area contributed by atoms with Crippen LogP contribution in [0, 0.1) is 6.92 Å². The van der Waals surface area contributed by atoms with Crippen LogP contribution in [0.5, 0.6) is 0 Å². The highest BCUT2D eigenvalue weighted by atomic mass is 16.6. The molecule has 1 rings (SSSR count). The number of carbonyl (C=O) groups is 2. The van der Waals surface area contributed by atoms with E-state index in [0.717, 1.165) is 5.69 Å². The van der Waals surface area contributed by atoms with E-state index in [1.807, 2.05) is 13.8 Å². The molecule has 0 unspecified atom stereocenters. The van der Waals surface area contributed by atoms with E-state index >= 15 is 0 Å². The molecule has 0 spiro atoms. The average molecular weight is 282 g/mol. The molecular weight excluding hydrogens is 260 g/mol. The molecule has 1 atom stereocenters. The fourth-order valence-electron chi connectivity index (χ4n) is 1.78. The van der Waals surface area contributed by atoms with E-state index in [9.17, 15) is 9.59 Å². The topological polar surface area (TPSA) is 80.6 Å². The molecule has 0 aromatic carbocycles. The lowest BCUT2D eigenvalue weighted by Gasteiger charge is -2.22. The molecule has 20 heavy (non-hydrogen) atoms. The lowest BCUT2D eigenvalue weighted by atomic mass is 10.2. The van der Waals surface area contributed by atoms with Crippen LogP contribution in [0.1, 0.15) is 43.7 Å². The largest absolute Gasteiger partial charge is 0.478 e. The van der Waals surface area contributed by atoms with Crippen LogP contribution < -0.4 is 5.32 Å². The highest BCUT2D eigenvalue weighted by molar-refractivity contribution is 5.87. The van der Waals surface area contributed by atoms with Crippen LogP contribution in [-0.4, -0.2) is 33.4 Å². The van der Waals surface area contributed by atoms with Crippen LogP contribution in [0.4, 0.5) is 4.79 Å². The fourth-order valence-corrected chi connectivity index (χ4v) is 1.78. The van der Waals surface area contributed by atoms with Gasteiger partial charge in [-0.1, -0.05) is 0 Å². The summed E-state index contributed by atoms with van der Waals surface area (Å²) in [5.41, 5.74) is 0.538. The van der Waals surface area contributed by atoms with Crippen molar-refractivity contribution in [2.24, 2.45) is 0 Å².